The van der Waals surface area contributed by atoms with Gasteiger partial charge in [-0.15, -0.1) is 0 Å². The molecule has 1 aliphatic heterocycles. The van der Waals surface area contributed by atoms with Crippen LogP contribution in [-0.4, -0.2) is 40.6 Å². The van der Waals surface area contributed by atoms with E-state index in [9.17, 15) is 8.42 Å². The lowest BCUT2D eigenvalue weighted by Crippen LogP contribution is -2.46. The Hall–Kier alpha value is -1.11. The smallest absolute Gasteiger partial charge is 0.240 e. The quantitative estimate of drug-likeness (QED) is 0.837. The Morgan fingerprint density at radius 3 is 2.52 bits per heavy atom. The van der Waals surface area contributed by atoms with Crippen molar-refractivity contribution in [3.8, 4) is 0 Å². The Bertz CT molecular complexity index is 537. The predicted octanol–water partition coefficient (Wildman–Crippen LogP) is 1.56. The molecule has 0 bridgehead atoms. The van der Waals surface area contributed by atoms with Crippen LogP contribution in [0.15, 0.2) is 29.2 Å². The van der Waals surface area contributed by atoms with Crippen molar-refractivity contribution in [3.05, 3.63) is 24.3 Å². The molecule has 2 N–H and O–H groups in total. The Labute approximate surface area is 127 Å². The predicted molar refractivity (Wildman–Crippen MR) is 86.2 cm³/mol. The molecule has 21 heavy (non-hydrogen) atoms. The molecule has 1 aromatic rings. The second kappa shape index (κ2) is 7.24. The van der Waals surface area contributed by atoms with Crippen LogP contribution in [0.3, 0.4) is 0 Å². The van der Waals surface area contributed by atoms with Crippen molar-refractivity contribution in [1.29, 1.82) is 0 Å². The summed E-state index contributed by atoms with van der Waals surface area (Å²) in [6.07, 6.45) is 2.37. The van der Waals surface area contributed by atoms with Gasteiger partial charge in [0.1, 0.15) is 0 Å². The first-order valence-electron chi connectivity index (χ1n) is 7.65. The van der Waals surface area contributed by atoms with Gasteiger partial charge in [-0.05, 0) is 50.6 Å². The average Bonchev–Trinajstić information content (AvgIpc) is 2.50. The maximum atomic E-state index is 11.9. The van der Waals surface area contributed by atoms with Crippen LogP contribution in [0, 0.1) is 0 Å². The van der Waals surface area contributed by atoms with Gasteiger partial charge >= 0.3 is 0 Å². The molecular formula is C15H25N3O2S. The van der Waals surface area contributed by atoms with E-state index in [1.165, 1.54) is 12.8 Å². The highest BCUT2D eigenvalue weighted by Crippen LogP contribution is 2.22. The summed E-state index contributed by atoms with van der Waals surface area (Å²) in [6, 6.07) is 7.67. The van der Waals surface area contributed by atoms with Crippen LogP contribution >= 0.6 is 0 Å². The monoisotopic (exact) mass is 311 g/mol. The summed E-state index contributed by atoms with van der Waals surface area (Å²) in [5.74, 6) is 0. The van der Waals surface area contributed by atoms with E-state index in [2.05, 4.69) is 21.9 Å². The van der Waals surface area contributed by atoms with Crippen LogP contribution in [0.2, 0.25) is 0 Å². The molecular weight excluding hydrogens is 286 g/mol. The Morgan fingerprint density at radius 2 is 2.00 bits per heavy atom. The number of sulfonamides is 1. The number of nitrogens with one attached hydrogen (secondary N) is 2. The second-order valence-corrected chi connectivity index (χ2v) is 7.05. The molecule has 0 spiro atoms. The minimum Gasteiger partial charge on any atom is -0.368 e. The number of piperidine rings is 1. The molecule has 5 nitrogen and oxygen atoms in total. The van der Waals surface area contributed by atoms with Crippen molar-refractivity contribution in [2.45, 2.75) is 37.6 Å². The van der Waals surface area contributed by atoms with Gasteiger partial charge in [-0.3, -0.25) is 0 Å². The highest BCUT2D eigenvalue weighted by Gasteiger charge is 2.20. The van der Waals surface area contributed by atoms with E-state index >= 15 is 0 Å². The first-order chi connectivity index (χ1) is 10.1. The fourth-order valence-electron chi connectivity index (χ4n) is 2.84. The van der Waals surface area contributed by atoms with Crippen molar-refractivity contribution >= 4 is 15.7 Å². The molecule has 1 aromatic carbocycles. The molecule has 0 radical (unpaired) electrons. The van der Waals surface area contributed by atoms with Crippen LogP contribution in [0.5, 0.6) is 0 Å². The molecule has 0 aromatic heterocycles. The van der Waals surface area contributed by atoms with Crippen molar-refractivity contribution < 1.29 is 8.42 Å². The van der Waals surface area contributed by atoms with Gasteiger partial charge in [0.2, 0.25) is 10.0 Å². The summed E-state index contributed by atoms with van der Waals surface area (Å²) in [4.78, 5) is 2.67. The summed E-state index contributed by atoms with van der Waals surface area (Å²) in [5, 5.41) is 3.42. The molecule has 0 aliphatic carbocycles. The maximum absolute atomic E-state index is 11.9. The van der Waals surface area contributed by atoms with Gasteiger partial charge in [0.15, 0.2) is 0 Å². The minimum atomic E-state index is -3.37. The van der Waals surface area contributed by atoms with E-state index in [0.29, 0.717) is 17.5 Å². The van der Waals surface area contributed by atoms with E-state index < -0.39 is 10.0 Å². The number of benzene rings is 1. The average molecular weight is 311 g/mol. The molecule has 1 fully saturated rings. The molecule has 6 heteroatoms. The van der Waals surface area contributed by atoms with Crippen LogP contribution in [0.4, 0.5) is 5.69 Å². The van der Waals surface area contributed by atoms with Gasteiger partial charge in [0, 0.05) is 31.4 Å². The second-order valence-electron chi connectivity index (χ2n) is 5.28. The Morgan fingerprint density at radius 1 is 1.29 bits per heavy atom. The number of hydrogen-bond donors (Lipinski definition) is 2. The SMILES string of the molecule is CCNS(=O)(=O)c1ccc(N(CC)C2CCCNC2)cc1. The molecule has 1 atom stereocenters. The number of likely N-dealkylation sites (N-methyl/N-ethyl adjacent to an activating group) is 1. The topological polar surface area (TPSA) is 61.4 Å². The van der Waals surface area contributed by atoms with Gasteiger partial charge in [-0.25, -0.2) is 13.1 Å². The third-order valence-electron chi connectivity index (χ3n) is 3.87. The fraction of sp³-hybridized carbons (Fsp3) is 0.600. The van der Waals surface area contributed by atoms with Crippen LogP contribution in [0.25, 0.3) is 0 Å². The number of anilines is 1. The standard InChI is InChI=1S/C15H25N3O2S/c1-3-17-21(19,20)15-9-7-13(8-10-15)18(4-2)14-6-5-11-16-12-14/h7-10,14,16-17H,3-6,11-12H2,1-2H3. The largest absolute Gasteiger partial charge is 0.368 e. The molecule has 2 rings (SSSR count). The van der Waals surface area contributed by atoms with Crippen molar-refractivity contribution in [1.82, 2.24) is 10.0 Å². The first kappa shape index (κ1) is 16.3. The number of rotatable bonds is 6. The van der Waals surface area contributed by atoms with Gasteiger partial charge < -0.3 is 10.2 Å². The van der Waals surface area contributed by atoms with Crippen molar-refractivity contribution in [3.63, 3.8) is 0 Å². The normalized spacial score (nSPS) is 19.4. The Kier molecular flexibility index (Phi) is 5.61. The lowest BCUT2D eigenvalue weighted by Gasteiger charge is -2.35. The number of hydrogen-bond acceptors (Lipinski definition) is 4. The zero-order chi connectivity index (χ0) is 15.3. The highest BCUT2D eigenvalue weighted by atomic mass is 32.2. The molecule has 0 saturated carbocycles. The van der Waals surface area contributed by atoms with Gasteiger partial charge in [-0.2, -0.15) is 0 Å². The zero-order valence-corrected chi connectivity index (χ0v) is 13.6. The summed E-state index contributed by atoms with van der Waals surface area (Å²) < 4.78 is 26.4. The van der Waals surface area contributed by atoms with E-state index in [0.717, 1.165) is 25.3 Å². The molecule has 1 unspecified atom stereocenters. The molecule has 1 saturated heterocycles. The van der Waals surface area contributed by atoms with Gasteiger partial charge in [0.05, 0.1) is 4.90 Å². The first-order valence-corrected chi connectivity index (χ1v) is 9.14. The third-order valence-corrected chi connectivity index (χ3v) is 5.43. The van der Waals surface area contributed by atoms with Crippen molar-refractivity contribution in [2.24, 2.45) is 0 Å². The zero-order valence-electron chi connectivity index (χ0n) is 12.8. The van der Waals surface area contributed by atoms with Crippen molar-refractivity contribution in [2.75, 3.05) is 31.1 Å². The van der Waals surface area contributed by atoms with Crippen LogP contribution in [0.1, 0.15) is 26.7 Å². The summed E-state index contributed by atoms with van der Waals surface area (Å²) in [7, 11) is -3.37. The van der Waals surface area contributed by atoms with Gasteiger partial charge in [0.25, 0.3) is 0 Å². The van der Waals surface area contributed by atoms with Crippen LogP contribution < -0.4 is 14.9 Å². The van der Waals surface area contributed by atoms with E-state index in [1.807, 2.05) is 12.1 Å². The number of nitrogens with zero attached hydrogens (tertiary/aromatic N) is 1. The summed E-state index contributed by atoms with van der Waals surface area (Å²) in [6.45, 7) is 7.32. The Balaban J connectivity index is 2.16. The summed E-state index contributed by atoms with van der Waals surface area (Å²) in [5.41, 5.74) is 1.08. The lowest BCUT2D eigenvalue weighted by molar-refractivity contribution is 0.435. The summed E-state index contributed by atoms with van der Waals surface area (Å²) >= 11 is 0. The third kappa shape index (κ3) is 3.96. The highest BCUT2D eigenvalue weighted by molar-refractivity contribution is 7.89. The van der Waals surface area contributed by atoms with E-state index in [1.54, 1.807) is 19.1 Å². The molecule has 118 valence electrons. The molecule has 0 amide bonds. The van der Waals surface area contributed by atoms with Gasteiger partial charge in [-0.1, -0.05) is 6.92 Å². The maximum Gasteiger partial charge on any atom is 0.240 e. The van der Waals surface area contributed by atoms with E-state index in [-0.39, 0.29) is 0 Å². The van der Waals surface area contributed by atoms with Crippen LogP contribution in [-0.2, 0) is 10.0 Å². The lowest BCUT2D eigenvalue weighted by atomic mass is 10.1. The molecule has 1 aliphatic rings. The van der Waals surface area contributed by atoms with E-state index in [4.69, 9.17) is 0 Å². The fourth-order valence-corrected chi connectivity index (χ4v) is 3.88. The molecule has 1 heterocycles. The minimum absolute atomic E-state index is 0.325.